The quantitative estimate of drug-likeness (QED) is 0.656. The van der Waals surface area contributed by atoms with E-state index in [9.17, 15) is 10.0 Å². The third kappa shape index (κ3) is 3.40. The second-order valence-electron chi connectivity index (χ2n) is 5.09. The van der Waals surface area contributed by atoms with E-state index in [1.165, 1.54) is 0 Å². The standard InChI is InChI=1S/C15H16N2O3S/c16-15(18)17(19)9-10-8-12(10)13-6-7-14(20-13)21-11-4-2-1-3-5-11/h1-7,10,12,19H,8-9H2,(H2,16,18). The van der Waals surface area contributed by atoms with Crippen LogP contribution in [0.25, 0.3) is 0 Å². The Morgan fingerprint density at radius 2 is 2.10 bits per heavy atom. The Balaban J connectivity index is 1.58. The lowest BCUT2D eigenvalue weighted by molar-refractivity contribution is -0.0433. The van der Waals surface area contributed by atoms with Gasteiger partial charge in [-0.25, -0.2) is 9.86 Å². The SMILES string of the molecule is NC(=O)N(O)CC1CC1c1ccc(Sc2ccccc2)o1. The zero-order chi connectivity index (χ0) is 14.8. The number of hydrogen-bond donors (Lipinski definition) is 2. The van der Waals surface area contributed by atoms with Crippen molar-refractivity contribution in [2.24, 2.45) is 11.7 Å². The topological polar surface area (TPSA) is 79.7 Å². The molecule has 2 aromatic rings. The second-order valence-corrected chi connectivity index (χ2v) is 6.17. The summed E-state index contributed by atoms with van der Waals surface area (Å²) in [5.41, 5.74) is 5.00. The van der Waals surface area contributed by atoms with Crippen molar-refractivity contribution >= 4 is 17.8 Å². The van der Waals surface area contributed by atoms with Crippen molar-refractivity contribution in [3.05, 3.63) is 48.2 Å². The number of hydroxylamine groups is 2. The highest BCUT2D eigenvalue weighted by atomic mass is 32.2. The average Bonchev–Trinajstić information content (AvgIpc) is 3.08. The van der Waals surface area contributed by atoms with E-state index in [0.717, 1.165) is 22.2 Å². The number of hydrogen-bond acceptors (Lipinski definition) is 4. The highest BCUT2D eigenvalue weighted by molar-refractivity contribution is 7.99. The minimum Gasteiger partial charge on any atom is -0.454 e. The maximum absolute atomic E-state index is 10.8. The van der Waals surface area contributed by atoms with Crippen molar-refractivity contribution in [1.82, 2.24) is 5.06 Å². The van der Waals surface area contributed by atoms with Gasteiger partial charge in [-0.2, -0.15) is 0 Å². The van der Waals surface area contributed by atoms with E-state index in [1.807, 2.05) is 42.5 Å². The van der Waals surface area contributed by atoms with Gasteiger partial charge in [0.2, 0.25) is 0 Å². The lowest BCUT2D eigenvalue weighted by Gasteiger charge is -2.10. The first-order chi connectivity index (χ1) is 10.1. The van der Waals surface area contributed by atoms with E-state index >= 15 is 0 Å². The third-order valence-electron chi connectivity index (χ3n) is 3.51. The molecule has 1 aromatic heterocycles. The largest absolute Gasteiger partial charge is 0.454 e. The van der Waals surface area contributed by atoms with E-state index in [0.29, 0.717) is 5.06 Å². The van der Waals surface area contributed by atoms with Gasteiger partial charge >= 0.3 is 6.03 Å². The molecule has 0 radical (unpaired) electrons. The number of carbonyl (C=O) groups is 1. The Morgan fingerprint density at radius 1 is 1.33 bits per heavy atom. The zero-order valence-corrected chi connectivity index (χ0v) is 12.1. The monoisotopic (exact) mass is 304 g/mol. The van der Waals surface area contributed by atoms with E-state index in [-0.39, 0.29) is 18.4 Å². The first-order valence-corrected chi connectivity index (χ1v) is 7.53. The Labute approximate surface area is 126 Å². The Morgan fingerprint density at radius 3 is 2.81 bits per heavy atom. The minimum atomic E-state index is -0.819. The smallest absolute Gasteiger partial charge is 0.338 e. The lowest BCUT2D eigenvalue weighted by Crippen LogP contribution is -2.34. The number of rotatable bonds is 5. The number of nitrogens with zero attached hydrogens (tertiary/aromatic N) is 1. The van der Waals surface area contributed by atoms with Crippen molar-refractivity contribution in [2.45, 2.75) is 22.3 Å². The maximum Gasteiger partial charge on any atom is 0.338 e. The van der Waals surface area contributed by atoms with Gasteiger partial charge in [0.05, 0.1) is 6.54 Å². The molecule has 0 aliphatic heterocycles. The average molecular weight is 304 g/mol. The second kappa shape index (κ2) is 5.83. The maximum atomic E-state index is 10.8. The van der Waals surface area contributed by atoms with Gasteiger partial charge in [0.25, 0.3) is 0 Å². The number of carbonyl (C=O) groups excluding carboxylic acids is 1. The summed E-state index contributed by atoms with van der Waals surface area (Å²) in [6.07, 6.45) is 0.896. The van der Waals surface area contributed by atoms with Crippen LogP contribution in [0.5, 0.6) is 0 Å². The number of primary amides is 1. The summed E-state index contributed by atoms with van der Waals surface area (Å²) in [5.74, 6) is 1.36. The van der Waals surface area contributed by atoms with Crippen LogP contribution in [0.1, 0.15) is 18.1 Å². The van der Waals surface area contributed by atoms with Crippen molar-refractivity contribution in [3.63, 3.8) is 0 Å². The van der Waals surface area contributed by atoms with Gasteiger partial charge < -0.3 is 10.2 Å². The molecule has 0 bridgehead atoms. The molecule has 1 aromatic carbocycles. The van der Waals surface area contributed by atoms with Crippen LogP contribution < -0.4 is 5.73 Å². The van der Waals surface area contributed by atoms with Crippen LogP contribution in [0.3, 0.4) is 0 Å². The van der Waals surface area contributed by atoms with Crippen LogP contribution >= 0.6 is 11.8 Å². The van der Waals surface area contributed by atoms with Crippen LogP contribution in [0.15, 0.2) is 56.9 Å². The molecule has 6 heteroatoms. The fourth-order valence-electron chi connectivity index (χ4n) is 2.30. The molecule has 2 amide bonds. The van der Waals surface area contributed by atoms with Gasteiger partial charge in [0, 0.05) is 10.8 Å². The predicted octanol–water partition coefficient (Wildman–Crippen LogP) is 3.30. The number of amides is 2. The molecular weight excluding hydrogens is 288 g/mol. The van der Waals surface area contributed by atoms with Crippen molar-refractivity contribution in [2.75, 3.05) is 6.54 Å². The molecule has 2 atom stereocenters. The summed E-state index contributed by atoms with van der Waals surface area (Å²) < 4.78 is 5.83. The van der Waals surface area contributed by atoms with Crippen LogP contribution in [-0.4, -0.2) is 22.8 Å². The molecule has 1 aliphatic carbocycles. The fourth-order valence-corrected chi connectivity index (χ4v) is 3.10. The highest BCUT2D eigenvalue weighted by Gasteiger charge is 2.42. The van der Waals surface area contributed by atoms with Gasteiger partial charge in [-0.15, -0.1) is 0 Å². The minimum absolute atomic E-state index is 0.211. The van der Waals surface area contributed by atoms with Gasteiger partial charge in [-0.3, -0.25) is 5.21 Å². The van der Waals surface area contributed by atoms with E-state index < -0.39 is 6.03 Å². The number of benzene rings is 1. The molecule has 5 nitrogen and oxygen atoms in total. The summed E-state index contributed by atoms with van der Waals surface area (Å²) in [5, 5.41) is 10.7. The normalized spacial score (nSPS) is 20.2. The molecule has 1 fully saturated rings. The Kier molecular flexibility index (Phi) is 3.90. The molecule has 1 saturated carbocycles. The first kappa shape index (κ1) is 14.0. The molecule has 0 spiro atoms. The van der Waals surface area contributed by atoms with Gasteiger partial charge in [-0.1, -0.05) is 30.0 Å². The van der Waals surface area contributed by atoms with Gasteiger partial charge in [-0.05, 0) is 36.6 Å². The lowest BCUT2D eigenvalue weighted by atomic mass is 10.2. The van der Waals surface area contributed by atoms with E-state index in [4.69, 9.17) is 10.2 Å². The molecule has 3 rings (SSSR count). The van der Waals surface area contributed by atoms with E-state index in [2.05, 4.69) is 0 Å². The Bertz CT molecular complexity index is 629. The fraction of sp³-hybridized carbons (Fsp3) is 0.267. The van der Waals surface area contributed by atoms with Gasteiger partial charge in [0.15, 0.2) is 5.09 Å². The number of nitrogens with two attached hydrogens (primary N) is 1. The number of urea groups is 1. The summed E-state index contributed by atoms with van der Waals surface area (Å²) >= 11 is 1.57. The van der Waals surface area contributed by atoms with Crippen LogP contribution in [0, 0.1) is 5.92 Å². The molecule has 1 aliphatic rings. The summed E-state index contributed by atoms with van der Waals surface area (Å²) in [6, 6.07) is 13.1. The van der Waals surface area contributed by atoms with E-state index in [1.54, 1.807) is 11.8 Å². The Hall–Kier alpha value is -1.92. The van der Waals surface area contributed by atoms with Crippen molar-refractivity contribution in [3.8, 4) is 0 Å². The molecule has 110 valence electrons. The zero-order valence-electron chi connectivity index (χ0n) is 11.3. The van der Waals surface area contributed by atoms with Gasteiger partial charge in [0.1, 0.15) is 5.76 Å². The first-order valence-electron chi connectivity index (χ1n) is 6.72. The number of furan rings is 1. The molecule has 2 unspecified atom stereocenters. The molecule has 1 heterocycles. The summed E-state index contributed by atoms with van der Waals surface area (Å²) in [7, 11) is 0. The molecule has 21 heavy (non-hydrogen) atoms. The molecular formula is C15H16N2O3S. The highest BCUT2D eigenvalue weighted by Crippen LogP contribution is 2.49. The molecule has 3 N–H and O–H groups in total. The molecule has 0 saturated heterocycles. The summed E-state index contributed by atoms with van der Waals surface area (Å²) in [4.78, 5) is 11.9. The third-order valence-corrected chi connectivity index (χ3v) is 4.44. The van der Waals surface area contributed by atoms with Crippen molar-refractivity contribution in [1.29, 1.82) is 0 Å². The predicted molar refractivity (Wildman–Crippen MR) is 78.2 cm³/mol. The van der Waals surface area contributed by atoms with Crippen molar-refractivity contribution < 1.29 is 14.4 Å². The van der Waals surface area contributed by atoms with Crippen LogP contribution in [-0.2, 0) is 0 Å². The summed E-state index contributed by atoms with van der Waals surface area (Å²) in [6.45, 7) is 0.252. The van der Waals surface area contributed by atoms with Crippen LogP contribution in [0.2, 0.25) is 0 Å². The van der Waals surface area contributed by atoms with Crippen LogP contribution in [0.4, 0.5) is 4.79 Å².